The highest BCUT2D eigenvalue weighted by atomic mass is 16.3. The van der Waals surface area contributed by atoms with Gasteiger partial charge in [0.05, 0.1) is 12.2 Å². The lowest BCUT2D eigenvalue weighted by molar-refractivity contribution is -0.0661. The minimum Gasteiger partial charge on any atom is -0.393 e. The van der Waals surface area contributed by atoms with Crippen LogP contribution in [0.4, 0.5) is 0 Å². The summed E-state index contributed by atoms with van der Waals surface area (Å²) in [5, 5.41) is 21.6. The molecule has 170 valence electrons. The van der Waals surface area contributed by atoms with Gasteiger partial charge in [0.25, 0.3) is 0 Å². The minimum atomic E-state index is -0.279. The standard InChI is InChI=1S/C28H46O2/c1-17(2)18(3)7-8-19(4)22-9-10-23-26-24(12-14-28(22,23)6)27(5)13-11-21(29)15-20(27)16-25(26)30/h7-8,17-22,24-25,29-30H,9-16H2,1-6H3. The van der Waals surface area contributed by atoms with Crippen LogP contribution < -0.4 is 0 Å². The molecule has 0 spiro atoms. The molecule has 3 saturated carbocycles. The quantitative estimate of drug-likeness (QED) is 0.514. The van der Waals surface area contributed by atoms with Crippen molar-refractivity contribution in [3.05, 3.63) is 23.3 Å². The molecule has 0 saturated heterocycles. The highest BCUT2D eigenvalue weighted by Crippen LogP contribution is 2.65. The van der Waals surface area contributed by atoms with Gasteiger partial charge in [-0.05, 0) is 103 Å². The zero-order valence-electron chi connectivity index (χ0n) is 20.3. The van der Waals surface area contributed by atoms with Crippen molar-refractivity contribution in [1.82, 2.24) is 0 Å². The van der Waals surface area contributed by atoms with Gasteiger partial charge in [-0.3, -0.25) is 0 Å². The highest BCUT2D eigenvalue weighted by Gasteiger charge is 2.57. The molecule has 9 atom stereocenters. The second-order valence-corrected chi connectivity index (χ2v) is 12.3. The van der Waals surface area contributed by atoms with E-state index in [-0.39, 0.29) is 23.0 Å². The van der Waals surface area contributed by atoms with E-state index >= 15 is 0 Å². The number of aliphatic hydroxyl groups excluding tert-OH is 2. The van der Waals surface area contributed by atoms with Gasteiger partial charge in [-0.25, -0.2) is 0 Å². The predicted molar refractivity (Wildman–Crippen MR) is 125 cm³/mol. The molecule has 4 aliphatic carbocycles. The molecule has 0 aromatic carbocycles. The summed E-state index contributed by atoms with van der Waals surface area (Å²) in [5.41, 5.74) is 3.63. The van der Waals surface area contributed by atoms with E-state index in [2.05, 4.69) is 53.7 Å². The fourth-order valence-corrected chi connectivity index (χ4v) is 8.03. The lowest BCUT2D eigenvalue weighted by Gasteiger charge is -2.58. The number of aliphatic hydroxyl groups is 2. The van der Waals surface area contributed by atoms with E-state index in [0.717, 1.165) is 25.7 Å². The van der Waals surface area contributed by atoms with Crippen LogP contribution in [0.5, 0.6) is 0 Å². The van der Waals surface area contributed by atoms with Crippen LogP contribution in [0.15, 0.2) is 23.3 Å². The molecule has 0 aliphatic heterocycles. The monoisotopic (exact) mass is 414 g/mol. The Balaban J connectivity index is 1.62. The third-order valence-corrected chi connectivity index (χ3v) is 10.5. The molecule has 0 radical (unpaired) electrons. The molecule has 4 aliphatic rings. The second-order valence-electron chi connectivity index (χ2n) is 12.3. The first-order chi connectivity index (χ1) is 14.1. The molecule has 0 heterocycles. The van der Waals surface area contributed by atoms with Crippen LogP contribution in [0.25, 0.3) is 0 Å². The summed E-state index contributed by atoms with van der Waals surface area (Å²) in [7, 11) is 0. The van der Waals surface area contributed by atoms with Gasteiger partial charge >= 0.3 is 0 Å². The van der Waals surface area contributed by atoms with Gasteiger partial charge in [0, 0.05) is 0 Å². The predicted octanol–water partition coefficient (Wildman–Crippen LogP) is 6.53. The normalized spacial score (nSPS) is 46.0. The Kier molecular flexibility index (Phi) is 6.08. The van der Waals surface area contributed by atoms with Crippen molar-refractivity contribution in [3.8, 4) is 0 Å². The maximum absolute atomic E-state index is 11.3. The lowest BCUT2D eigenvalue weighted by atomic mass is 9.48. The van der Waals surface area contributed by atoms with E-state index in [1.807, 2.05) is 0 Å². The van der Waals surface area contributed by atoms with Crippen molar-refractivity contribution in [2.45, 2.75) is 105 Å². The lowest BCUT2D eigenvalue weighted by Crippen LogP contribution is -2.52. The first kappa shape index (κ1) is 22.6. The molecule has 30 heavy (non-hydrogen) atoms. The number of hydrogen-bond acceptors (Lipinski definition) is 2. The average molecular weight is 415 g/mol. The van der Waals surface area contributed by atoms with Gasteiger partial charge in [0.15, 0.2) is 0 Å². The van der Waals surface area contributed by atoms with Crippen LogP contribution in [0.1, 0.15) is 92.9 Å². The molecule has 2 heteroatoms. The van der Waals surface area contributed by atoms with Crippen molar-refractivity contribution in [3.63, 3.8) is 0 Å². The van der Waals surface area contributed by atoms with E-state index in [9.17, 15) is 10.2 Å². The van der Waals surface area contributed by atoms with Crippen LogP contribution in [0.2, 0.25) is 0 Å². The fourth-order valence-electron chi connectivity index (χ4n) is 8.03. The van der Waals surface area contributed by atoms with Gasteiger partial charge in [0.2, 0.25) is 0 Å². The van der Waals surface area contributed by atoms with E-state index in [0.29, 0.717) is 35.5 Å². The summed E-state index contributed by atoms with van der Waals surface area (Å²) in [6.45, 7) is 14.4. The smallest absolute Gasteiger partial charge is 0.0758 e. The summed E-state index contributed by atoms with van der Waals surface area (Å²) in [6.07, 6.45) is 13.3. The average Bonchev–Trinajstić information content (AvgIpc) is 3.04. The Morgan fingerprint density at radius 3 is 2.37 bits per heavy atom. The minimum absolute atomic E-state index is 0.157. The Morgan fingerprint density at radius 1 is 0.933 bits per heavy atom. The van der Waals surface area contributed by atoms with E-state index in [4.69, 9.17) is 0 Å². The van der Waals surface area contributed by atoms with Crippen LogP contribution in [0, 0.1) is 46.3 Å². The van der Waals surface area contributed by atoms with Gasteiger partial charge in [-0.2, -0.15) is 0 Å². The molecular formula is C28H46O2. The molecular weight excluding hydrogens is 368 g/mol. The Hall–Kier alpha value is -0.600. The molecule has 9 unspecified atom stereocenters. The first-order valence-electron chi connectivity index (χ1n) is 12.9. The molecule has 0 aromatic rings. The van der Waals surface area contributed by atoms with Crippen molar-refractivity contribution in [2.24, 2.45) is 46.3 Å². The number of fused-ring (bicyclic) bond motifs is 4. The van der Waals surface area contributed by atoms with Crippen LogP contribution in [-0.2, 0) is 0 Å². The summed E-state index contributed by atoms with van der Waals surface area (Å²) in [4.78, 5) is 0. The highest BCUT2D eigenvalue weighted by molar-refractivity contribution is 5.37. The van der Waals surface area contributed by atoms with Crippen molar-refractivity contribution in [2.75, 3.05) is 0 Å². The molecule has 0 amide bonds. The summed E-state index contributed by atoms with van der Waals surface area (Å²) in [5.74, 6) is 3.64. The van der Waals surface area contributed by atoms with Crippen LogP contribution in [-0.4, -0.2) is 22.4 Å². The molecule has 3 fully saturated rings. The Morgan fingerprint density at radius 2 is 1.67 bits per heavy atom. The Labute approximate surface area is 185 Å². The van der Waals surface area contributed by atoms with Crippen LogP contribution >= 0.6 is 0 Å². The zero-order chi connectivity index (χ0) is 21.8. The third kappa shape index (κ3) is 3.54. The van der Waals surface area contributed by atoms with Crippen molar-refractivity contribution < 1.29 is 10.2 Å². The van der Waals surface area contributed by atoms with Crippen molar-refractivity contribution >= 4 is 0 Å². The number of allylic oxidation sites excluding steroid dienone is 3. The number of rotatable bonds is 4. The maximum Gasteiger partial charge on any atom is 0.0758 e. The molecule has 2 N–H and O–H groups in total. The first-order valence-corrected chi connectivity index (χ1v) is 12.9. The molecule has 4 rings (SSSR count). The van der Waals surface area contributed by atoms with E-state index in [1.165, 1.54) is 31.3 Å². The molecule has 0 aromatic heterocycles. The summed E-state index contributed by atoms with van der Waals surface area (Å²) in [6, 6.07) is 0. The van der Waals surface area contributed by atoms with Gasteiger partial charge in [-0.15, -0.1) is 0 Å². The summed E-state index contributed by atoms with van der Waals surface area (Å²) >= 11 is 0. The van der Waals surface area contributed by atoms with Crippen molar-refractivity contribution in [1.29, 1.82) is 0 Å². The second kappa shape index (κ2) is 8.07. The molecule has 0 bridgehead atoms. The van der Waals surface area contributed by atoms with Crippen LogP contribution in [0.3, 0.4) is 0 Å². The fraction of sp³-hybridized carbons (Fsp3) is 0.857. The zero-order valence-corrected chi connectivity index (χ0v) is 20.3. The van der Waals surface area contributed by atoms with E-state index < -0.39 is 0 Å². The Bertz CT molecular complexity index is 705. The SMILES string of the molecule is CC(C)C(C)C=CC(C)C1CCC2=C3C(O)CC4CC(O)CCC4(C)C3CCC21C. The number of hydrogen-bond donors (Lipinski definition) is 2. The summed E-state index contributed by atoms with van der Waals surface area (Å²) < 4.78 is 0. The van der Waals surface area contributed by atoms with E-state index in [1.54, 1.807) is 5.57 Å². The molecule has 2 nitrogen and oxygen atoms in total. The largest absolute Gasteiger partial charge is 0.393 e. The maximum atomic E-state index is 11.3. The van der Waals surface area contributed by atoms with Gasteiger partial charge < -0.3 is 10.2 Å². The van der Waals surface area contributed by atoms with Gasteiger partial charge in [0.1, 0.15) is 0 Å². The topological polar surface area (TPSA) is 40.5 Å². The van der Waals surface area contributed by atoms with Gasteiger partial charge in [-0.1, -0.05) is 59.3 Å². The third-order valence-electron chi connectivity index (χ3n) is 10.5.